The second-order valence-corrected chi connectivity index (χ2v) is 7.24. The van der Waals surface area contributed by atoms with Gasteiger partial charge in [-0.25, -0.2) is 14.8 Å². The lowest BCUT2D eigenvalue weighted by Crippen LogP contribution is -2.49. The summed E-state index contributed by atoms with van der Waals surface area (Å²) in [6.45, 7) is 1.46. The smallest absolute Gasteiger partial charge is 0.321 e. The number of benzene rings is 1. The van der Waals surface area contributed by atoms with Gasteiger partial charge in [0, 0.05) is 31.4 Å². The molecular weight excluding hydrogens is 350 g/mol. The lowest BCUT2D eigenvalue weighted by molar-refractivity contribution is 0.193. The Hall–Kier alpha value is -2.34. The van der Waals surface area contributed by atoms with Crippen molar-refractivity contribution in [2.75, 3.05) is 23.3 Å². The van der Waals surface area contributed by atoms with Crippen LogP contribution < -0.4 is 10.2 Å². The molecule has 1 aliphatic heterocycles. The zero-order chi connectivity index (χ0) is 17.9. The standard InChI is InChI=1S/C19H22ClN5O/c20-16-3-1-2-4-17(16)23-19(26)24-11-8-15(9-12-24)25(14-5-6-14)18-7-10-21-13-22-18/h1-4,7,10,13-15H,5-6,8-9,11-12H2,(H,23,26). The molecule has 2 fully saturated rings. The molecule has 2 aliphatic rings. The highest BCUT2D eigenvalue weighted by molar-refractivity contribution is 6.33. The normalized spacial score (nSPS) is 17.8. The number of aromatic nitrogens is 2. The summed E-state index contributed by atoms with van der Waals surface area (Å²) >= 11 is 6.13. The molecule has 0 atom stereocenters. The summed E-state index contributed by atoms with van der Waals surface area (Å²) in [7, 11) is 0. The van der Waals surface area contributed by atoms with E-state index in [1.807, 2.05) is 29.2 Å². The number of rotatable bonds is 4. The van der Waals surface area contributed by atoms with Gasteiger partial charge in [-0.1, -0.05) is 23.7 Å². The Kier molecular flexibility index (Phi) is 4.93. The van der Waals surface area contributed by atoms with E-state index >= 15 is 0 Å². The van der Waals surface area contributed by atoms with Crippen LogP contribution in [0.2, 0.25) is 5.02 Å². The summed E-state index contributed by atoms with van der Waals surface area (Å²) in [5, 5.41) is 3.47. The molecular formula is C19H22ClN5O. The van der Waals surface area contributed by atoms with E-state index in [9.17, 15) is 4.79 Å². The lowest BCUT2D eigenvalue weighted by atomic mass is 10.0. The van der Waals surface area contributed by atoms with Crippen LogP contribution in [0.4, 0.5) is 16.3 Å². The van der Waals surface area contributed by atoms with Gasteiger partial charge in [0.1, 0.15) is 12.1 Å². The number of hydrogen-bond acceptors (Lipinski definition) is 4. The number of nitrogens with zero attached hydrogens (tertiary/aromatic N) is 4. The van der Waals surface area contributed by atoms with E-state index in [0.717, 1.165) is 31.7 Å². The molecule has 1 saturated carbocycles. The summed E-state index contributed by atoms with van der Waals surface area (Å²) in [4.78, 5) is 25.3. The second-order valence-electron chi connectivity index (χ2n) is 6.83. The molecule has 7 heteroatoms. The molecule has 1 aliphatic carbocycles. The second kappa shape index (κ2) is 7.50. The highest BCUT2D eigenvalue weighted by Crippen LogP contribution is 2.35. The van der Waals surface area contributed by atoms with Gasteiger partial charge in [0.05, 0.1) is 10.7 Å². The molecule has 1 saturated heterocycles. The van der Waals surface area contributed by atoms with Crippen LogP contribution in [0.5, 0.6) is 0 Å². The Morgan fingerprint density at radius 1 is 1.12 bits per heavy atom. The lowest BCUT2D eigenvalue weighted by Gasteiger charge is -2.39. The molecule has 2 heterocycles. The van der Waals surface area contributed by atoms with Gasteiger partial charge in [0.25, 0.3) is 0 Å². The van der Waals surface area contributed by atoms with Crippen LogP contribution in [-0.4, -0.2) is 46.1 Å². The van der Waals surface area contributed by atoms with Gasteiger partial charge in [-0.3, -0.25) is 0 Å². The van der Waals surface area contributed by atoms with E-state index in [-0.39, 0.29) is 6.03 Å². The zero-order valence-corrected chi connectivity index (χ0v) is 15.3. The minimum Gasteiger partial charge on any atom is -0.350 e. The van der Waals surface area contributed by atoms with Gasteiger partial charge in [-0.05, 0) is 43.9 Å². The number of anilines is 2. The predicted octanol–water partition coefficient (Wildman–Crippen LogP) is 3.80. The van der Waals surface area contributed by atoms with Crippen LogP contribution in [0.3, 0.4) is 0 Å². The number of carbonyl (C=O) groups excluding carboxylic acids is 1. The first-order chi connectivity index (χ1) is 12.7. The SMILES string of the molecule is O=C(Nc1ccccc1Cl)N1CCC(N(c2ccncn2)C2CC2)CC1. The minimum atomic E-state index is -0.0865. The molecule has 1 aromatic carbocycles. The third kappa shape index (κ3) is 3.75. The third-order valence-electron chi connectivity index (χ3n) is 5.03. The average molecular weight is 372 g/mol. The van der Waals surface area contributed by atoms with Crippen molar-refractivity contribution in [1.29, 1.82) is 0 Å². The maximum Gasteiger partial charge on any atom is 0.321 e. The van der Waals surface area contributed by atoms with Crippen LogP contribution in [0, 0.1) is 0 Å². The van der Waals surface area contributed by atoms with Gasteiger partial charge in [-0.15, -0.1) is 0 Å². The van der Waals surface area contributed by atoms with E-state index in [1.54, 1.807) is 18.6 Å². The number of halogens is 1. The van der Waals surface area contributed by atoms with Gasteiger partial charge < -0.3 is 15.1 Å². The van der Waals surface area contributed by atoms with Crippen molar-refractivity contribution in [2.24, 2.45) is 0 Å². The van der Waals surface area contributed by atoms with Gasteiger partial charge in [0.2, 0.25) is 0 Å². The maximum absolute atomic E-state index is 12.5. The number of amides is 2. The number of nitrogens with one attached hydrogen (secondary N) is 1. The molecule has 2 amide bonds. The number of urea groups is 1. The van der Waals surface area contributed by atoms with Crippen LogP contribution in [0.25, 0.3) is 0 Å². The molecule has 136 valence electrons. The fraction of sp³-hybridized carbons (Fsp3) is 0.421. The highest BCUT2D eigenvalue weighted by Gasteiger charge is 2.37. The van der Waals surface area contributed by atoms with Crippen molar-refractivity contribution < 1.29 is 4.79 Å². The molecule has 0 spiro atoms. The van der Waals surface area contributed by atoms with Crippen molar-refractivity contribution in [2.45, 2.75) is 37.8 Å². The molecule has 0 unspecified atom stereocenters. The summed E-state index contributed by atoms with van der Waals surface area (Å²) in [6.07, 6.45) is 7.72. The van der Waals surface area contributed by atoms with Crippen molar-refractivity contribution in [3.63, 3.8) is 0 Å². The predicted molar refractivity (Wildman–Crippen MR) is 103 cm³/mol. The van der Waals surface area contributed by atoms with Crippen molar-refractivity contribution in [3.05, 3.63) is 47.9 Å². The molecule has 0 radical (unpaired) electrons. The Balaban J connectivity index is 1.37. The van der Waals surface area contributed by atoms with Crippen molar-refractivity contribution in [1.82, 2.24) is 14.9 Å². The fourth-order valence-corrected chi connectivity index (χ4v) is 3.75. The summed E-state index contributed by atoms with van der Waals surface area (Å²) < 4.78 is 0. The van der Waals surface area contributed by atoms with Gasteiger partial charge in [-0.2, -0.15) is 0 Å². The largest absolute Gasteiger partial charge is 0.350 e. The zero-order valence-electron chi connectivity index (χ0n) is 14.5. The van der Waals surface area contributed by atoms with E-state index in [1.165, 1.54) is 12.8 Å². The van der Waals surface area contributed by atoms with E-state index < -0.39 is 0 Å². The summed E-state index contributed by atoms with van der Waals surface area (Å²) in [5.41, 5.74) is 0.655. The van der Waals surface area contributed by atoms with E-state index in [2.05, 4.69) is 20.2 Å². The third-order valence-corrected chi connectivity index (χ3v) is 5.36. The van der Waals surface area contributed by atoms with Crippen molar-refractivity contribution >= 4 is 29.1 Å². The highest BCUT2D eigenvalue weighted by atomic mass is 35.5. The first-order valence-electron chi connectivity index (χ1n) is 9.07. The monoisotopic (exact) mass is 371 g/mol. The number of carbonyl (C=O) groups is 1. The minimum absolute atomic E-state index is 0.0865. The first-order valence-corrected chi connectivity index (χ1v) is 9.45. The van der Waals surface area contributed by atoms with Crippen molar-refractivity contribution in [3.8, 4) is 0 Å². The fourth-order valence-electron chi connectivity index (χ4n) is 3.57. The van der Waals surface area contributed by atoms with Crippen LogP contribution >= 0.6 is 11.6 Å². The Bertz CT molecular complexity index is 760. The summed E-state index contributed by atoms with van der Waals surface area (Å²) in [6, 6.07) is 10.2. The maximum atomic E-state index is 12.5. The Morgan fingerprint density at radius 3 is 2.50 bits per heavy atom. The van der Waals surface area contributed by atoms with Crippen LogP contribution in [0.15, 0.2) is 42.9 Å². The summed E-state index contributed by atoms with van der Waals surface area (Å²) in [5.74, 6) is 1.00. The number of hydrogen-bond donors (Lipinski definition) is 1. The Labute approximate surface area is 158 Å². The molecule has 0 bridgehead atoms. The molecule has 26 heavy (non-hydrogen) atoms. The van der Waals surface area contributed by atoms with E-state index in [0.29, 0.717) is 22.8 Å². The Morgan fingerprint density at radius 2 is 1.85 bits per heavy atom. The molecule has 1 N–H and O–H groups in total. The van der Waals surface area contributed by atoms with Gasteiger partial charge in [0.15, 0.2) is 0 Å². The number of likely N-dealkylation sites (tertiary alicyclic amines) is 1. The number of para-hydroxylation sites is 1. The first kappa shape index (κ1) is 17.1. The average Bonchev–Trinajstić information content (AvgIpc) is 3.50. The van der Waals surface area contributed by atoms with E-state index in [4.69, 9.17) is 11.6 Å². The quantitative estimate of drug-likeness (QED) is 0.888. The van der Waals surface area contributed by atoms with Crippen LogP contribution in [-0.2, 0) is 0 Å². The molecule has 4 rings (SSSR count). The molecule has 2 aromatic rings. The molecule has 6 nitrogen and oxygen atoms in total. The van der Waals surface area contributed by atoms with Gasteiger partial charge >= 0.3 is 6.03 Å². The van der Waals surface area contributed by atoms with Crippen LogP contribution in [0.1, 0.15) is 25.7 Å². The molecule has 1 aromatic heterocycles. The number of piperidine rings is 1. The topological polar surface area (TPSA) is 61.4 Å².